The van der Waals surface area contributed by atoms with E-state index >= 15 is 0 Å². The topological polar surface area (TPSA) is 37.8 Å². The summed E-state index contributed by atoms with van der Waals surface area (Å²) in [5.41, 5.74) is 1.95. The smallest absolute Gasteiger partial charge is 0.224 e. The molecule has 2 rings (SSSR count). The second-order valence-corrected chi connectivity index (χ2v) is 3.88. The van der Waals surface area contributed by atoms with Crippen LogP contribution in [-0.2, 0) is 6.54 Å². The van der Waals surface area contributed by atoms with Gasteiger partial charge in [-0.05, 0) is 11.6 Å². The van der Waals surface area contributed by atoms with Crippen LogP contribution in [0.4, 0.5) is 0 Å². The summed E-state index contributed by atoms with van der Waals surface area (Å²) in [6, 6.07) is 0. The van der Waals surface area contributed by atoms with Gasteiger partial charge in [0.1, 0.15) is 5.15 Å². The van der Waals surface area contributed by atoms with Gasteiger partial charge in [0.2, 0.25) is 5.28 Å². The Labute approximate surface area is 86.5 Å². The molecule has 1 aromatic rings. The minimum Gasteiger partial charge on any atom is -0.312 e. The molecule has 1 aliphatic heterocycles. The fourth-order valence-corrected chi connectivity index (χ4v) is 1.99. The van der Waals surface area contributed by atoms with E-state index in [9.17, 15) is 0 Å². The molecule has 2 heterocycles. The van der Waals surface area contributed by atoms with Crippen LogP contribution >= 0.6 is 23.2 Å². The van der Waals surface area contributed by atoms with E-state index < -0.39 is 0 Å². The van der Waals surface area contributed by atoms with Crippen molar-refractivity contribution in [2.75, 3.05) is 6.54 Å². The summed E-state index contributed by atoms with van der Waals surface area (Å²) in [6.07, 6.45) is 0. The maximum atomic E-state index is 5.94. The number of nitrogens with zero attached hydrogens (tertiary/aromatic N) is 2. The van der Waals surface area contributed by atoms with Gasteiger partial charge in [-0.3, -0.25) is 0 Å². The summed E-state index contributed by atoms with van der Waals surface area (Å²) in [6.45, 7) is 3.73. The molecule has 0 amide bonds. The van der Waals surface area contributed by atoms with Crippen molar-refractivity contribution in [3.63, 3.8) is 0 Å². The van der Waals surface area contributed by atoms with Crippen LogP contribution in [0.5, 0.6) is 0 Å². The van der Waals surface area contributed by atoms with E-state index in [1.165, 1.54) is 0 Å². The van der Waals surface area contributed by atoms with E-state index in [-0.39, 0.29) is 5.28 Å². The van der Waals surface area contributed by atoms with Crippen LogP contribution in [0.3, 0.4) is 0 Å². The highest BCUT2D eigenvalue weighted by atomic mass is 35.5. The molecule has 70 valence electrons. The van der Waals surface area contributed by atoms with Crippen LogP contribution in [-0.4, -0.2) is 16.5 Å². The molecule has 13 heavy (non-hydrogen) atoms. The Hall–Kier alpha value is -0.380. The summed E-state index contributed by atoms with van der Waals surface area (Å²) >= 11 is 11.7. The number of hydrogen-bond acceptors (Lipinski definition) is 3. The molecule has 1 aromatic heterocycles. The van der Waals surface area contributed by atoms with Crippen molar-refractivity contribution in [2.45, 2.75) is 19.4 Å². The van der Waals surface area contributed by atoms with E-state index in [0.717, 1.165) is 24.3 Å². The zero-order valence-electron chi connectivity index (χ0n) is 7.14. The first-order valence-electron chi connectivity index (χ1n) is 4.11. The molecule has 0 aromatic carbocycles. The summed E-state index contributed by atoms with van der Waals surface area (Å²) in [5.74, 6) is 0.349. The fraction of sp³-hybridized carbons (Fsp3) is 0.500. The summed E-state index contributed by atoms with van der Waals surface area (Å²) < 4.78 is 0. The van der Waals surface area contributed by atoms with Gasteiger partial charge in [-0.25, -0.2) is 9.97 Å². The van der Waals surface area contributed by atoms with E-state index in [0.29, 0.717) is 11.1 Å². The monoisotopic (exact) mass is 217 g/mol. The van der Waals surface area contributed by atoms with Gasteiger partial charge in [-0.2, -0.15) is 0 Å². The van der Waals surface area contributed by atoms with Crippen molar-refractivity contribution in [3.05, 3.63) is 21.7 Å². The molecule has 0 fully saturated rings. The quantitative estimate of drug-likeness (QED) is 0.534. The predicted octanol–water partition coefficient (Wildman–Crippen LogP) is 1.99. The minimum atomic E-state index is 0.234. The van der Waals surface area contributed by atoms with Gasteiger partial charge in [0.15, 0.2) is 0 Å². The van der Waals surface area contributed by atoms with E-state index in [1.54, 1.807) is 0 Å². The first kappa shape index (κ1) is 9.19. The average Bonchev–Trinajstić information content (AvgIpc) is 2.07. The molecular formula is C8H9Cl2N3. The molecule has 1 aliphatic rings. The lowest BCUT2D eigenvalue weighted by Gasteiger charge is -2.22. The first-order chi connectivity index (χ1) is 6.18. The van der Waals surface area contributed by atoms with Crippen LogP contribution in [0.1, 0.15) is 24.1 Å². The molecular weight excluding hydrogens is 209 g/mol. The largest absolute Gasteiger partial charge is 0.312 e. The Morgan fingerprint density at radius 2 is 2.15 bits per heavy atom. The van der Waals surface area contributed by atoms with E-state index in [1.807, 2.05) is 0 Å². The van der Waals surface area contributed by atoms with Crippen LogP contribution in [0.2, 0.25) is 10.4 Å². The zero-order valence-corrected chi connectivity index (χ0v) is 8.65. The third-order valence-electron chi connectivity index (χ3n) is 2.18. The molecule has 0 saturated heterocycles. The lowest BCUT2D eigenvalue weighted by Crippen LogP contribution is -2.28. The van der Waals surface area contributed by atoms with Gasteiger partial charge in [-0.1, -0.05) is 18.5 Å². The van der Waals surface area contributed by atoms with Crippen molar-refractivity contribution in [2.24, 2.45) is 0 Å². The minimum absolute atomic E-state index is 0.234. The van der Waals surface area contributed by atoms with Gasteiger partial charge >= 0.3 is 0 Å². The molecule has 5 heteroatoms. The Morgan fingerprint density at radius 1 is 1.38 bits per heavy atom. The number of fused-ring (bicyclic) bond motifs is 1. The molecule has 1 atom stereocenters. The number of nitrogens with one attached hydrogen (secondary N) is 1. The second kappa shape index (κ2) is 3.40. The predicted molar refractivity (Wildman–Crippen MR) is 52.2 cm³/mol. The van der Waals surface area contributed by atoms with Gasteiger partial charge in [0.25, 0.3) is 0 Å². The SMILES string of the molecule is CC1CNCc2c(Cl)nc(Cl)nc21. The summed E-state index contributed by atoms with van der Waals surface area (Å²) in [5, 5.41) is 3.94. The highest BCUT2D eigenvalue weighted by Crippen LogP contribution is 2.27. The number of halogens is 2. The third kappa shape index (κ3) is 1.64. The molecule has 0 spiro atoms. The Bertz CT molecular complexity index is 340. The van der Waals surface area contributed by atoms with Crippen molar-refractivity contribution < 1.29 is 0 Å². The first-order valence-corrected chi connectivity index (χ1v) is 4.86. The van der Waals surface area contributed by atoms with E-state index in [4.69, 9.17) is 23.2 Å². The fourth-order valence-electron chi connectivity index (χ4n) is 1.53. The number of aromatic nitrogens is 2. The maximum Gasteiger partial charge on any atom is 0.224 e. The molecule has 1 N–H and O–H groups in total. The maximum absolute atomic E-state index is 5.94. The van der Waals surface area contributed by atoms with Gasteiger partial charge in [0.05, 0.1) is 5.69 Å². The molecule has 1 unspecified atom stereocenters. The van der Waals surface area contributed by atoms with Crippen molar-refractivity contribution in [3.8, 4) is 0 Å². The highest BCUT2D eigenvalue weighted by Gasteiger charge is 2.21. The normalized spacial score (nSPS) is 21.3. The lowest BCUT2D eigenvalue weighted by molar-refractivity contribution is 0.553. The Kier molecular flexibility index (Phi) is 2.41. The number of hydrogen-bond donors (Lipinski definition) is 1. The molecule has 0 saturated carbocycles. The zero-order chi connectivity index (χ0) is 9.42. The molecule has 0 aliphatic carbocycles. The van der Waals surface area contributed by atoms with Crippen molar-refractivity contribution in [1.82, 2.24) is 15.3 Å². The Balaban J connectivity index is 2.56. The van der Waals surface area contributed by atoms with Crippen molar-refractivity contribution >= 4 is 23.2 Å². The van der Waals surface area contributed by atoms with Crippen LogP contribution in [0.25, 0.3) is 0 Å². The molecule has 3 nitrogen and oxygen atoms in total. The summed E-state index contributed by atoms with van der Waals surface area (Å²) in [7, 11) is 0. The van der Waals surface area contributed by atoms with Gasteiger partial charge < -0.3 is 5.32 Å². The Morgan fingerprint density at radius 3 is 2.92 bits per heavy atom. The second-order valence-electron chi connectivity index (χ2n) is 3.18. The highest BCUT2D eigenvalue weighted by molar-refractivity contribution is 6.32. The van der Waals surface area contributed by atoms with Gasteiger partial charge in [0, 0.05) is 24.6 Å². The van der Waals surface area contributed by atoms with E-state index in [2.05, 4.69) is 22.2 Å². The molecule has 0 bridgehead atoms. The number of rotatable bonds is 0. The molecule has 0 radical (unpaired) electrons. The lowest BCUT2D eigenvalue weighted by atomic mass is 9.99. The standard InChI is InChI=1S/C8H9Cl2N3/c1-4-2-11-3-5-6(4)12-8(10)13-7(5)9/h4,11H,2-3H2,1H3. The van der Waals surface area contributed by atoms with Crippen molar-refractivity contribution in [1.29, 1.82) is 0 Å². The third-order valence-corrected chi connectivity index (χ3v) is 2.66. The van der Waals surface area contributed by atoms with Crippen LogP contribution < -0.4 is 5.32 Å². The van der Waals surface area contributed by atoms with Crippen LogP contribution in [0.15, 0.2) is 0 Å². The van der Waals surface area contributed by atoms with Crippen LogP contribution in [0, 0.1) is 0 Å². The average molecular weight is 218 g/mol. The van der Waals surface area contributed by atoms with Gasteiger partial charge in [-0.15, -0.1) is 0 Å². The summed E-state index contributed by atoms with van der Waals surface area (Å²) in [4.78, 5) is 8.09.